The van der Waals surface area contributed by atoms with Crippen molar-refractivity contribution in [2.75, 3.05) is 0 Å². The first kappa shape index (κ1) is 13.2. The fourth-order valence-corrected chi connectivity index (χ4v) is 4.02. The lowest BCUT2D eigenvalue weighted by atomic mass is 9.83. The van der Waals surface area contributed by atoms with Gasteiger partial charge < -0.3 is 5.11 Å². The Morgan fingerprint density at radius 2 is 1.72 bits per heavy atom. The van der Waals surface area contributed by atoms with E-state index >= 15 is 0 Å². The number of carboxylic acids is 1. The molecule has 0 amide bonds. The Kier molecular flexibility index (Phi) is 3.06. The van der Waals surface area contributed by atoms with E-state index in [9.17, 15) is 18.0 Å². The summed E-state index contributed by atoms with van der Waals surface area (Å²) in [6.45, 7) is 0. The molecule has 1 aromatic rings. The monoisotopic (exact) mass is 332 g/mol. The van der Waals surface area contributed by atoms with Gasteiger partial charge in [0, 0.05) is 17.3 Å². The van der Waals surface area contributed by atoms with Crippen molar-refractivity contribution in [3.8, 4) is 0 Å². The average Bonchev–Trinajstić information content (AvgIpc) is 2.24. The molecule has 18 heavy (non-hydrogen) atoms. The highest BCUT2D eigenvalue weighted by atomic mass is 79.9. The van der Waals surface area contributed by atoms with Crippen LogP contribution < -0.4 is 0 Å². The number of carbonyl (C=O) groups excluding carboxylic acids is 1. The summed E-state index contributed by atoms with van der Waals surface area (Å²) in [5.74, 6) is -1.82. The van der Waals surface area contributed by atoms with E-state index in [4.69, 9.17) is 5.11 Å². The molecular formula is C11H9BrO5S. The fraction of sp³-hybridized carbons (Fsp3) is 0.273. The fourth-order valence-electron chi connectivity index (χ4n) is 1.88. The van der Waals surface area contributed by atoms with Crippen molar-refractivity contribution in [1.82, 2.24) is 0 Å². The van der Waals surface area contributed by atoms with E-state index in [1.807, 2.05) is 0 Å². The summed E-state index contributed by atoms with van der Waals surface area (Å²) >= 11 is 3.17. The Morgan fingerprint density at radius 3 is 2.11 bits per heavy atom. The molecule has 0 spiro atoms. The topological polar surface area (TPSA) is 88.5 Å². The number of rotatable bonds is 3. The molecule has 0 aliphatic heterocycles. The van der Waals surface area contributed by atoms with Gasteiger partial charge in [-0.25, -0.2) is 8.42 Å². The molecule has 0 atom stereocenters. The van der Waals surface area contributed by atoms with Crippen LogP contribution in [0.2, 0.25) is 0 Å². The van der Waals surface area contributed by atoms with Gasteiger partial charge in [-0.1, -0.05) is 15.9 Å². The van der Waals surface area contributed by atoms with Crippen LogP contribution >= 0.6 is 15.9 Å². The number of benzene rings is 1. The SMILES string of the molecule is O=C1CC(C(=O)O)(S(=O)(=O)c2ccc(Br)cc2)C1. The number of carboxylic acid groups (broad SMARTS) is 1. The molecule has 0 radical (unpaired) electrons. The molecule has 2 rings (SSSR count). The maximum absolute atomic E-state index is 12.3. The van der Waals surface area contributed by atoms with Crippen LogP contribution in [0.25, 0.3) is 0 Å². The molecule has 1 saturated carbocycles. The van der Waals surface area contributed by atoms with Gasteiger partial charge in [0.15, 0.2) is 14.6 Å². The molecule has 0 heterocycles. The molecular weight excluding hydrogens is 324 g/mol. The first-order chi connectivity index (χ1) is 8.29. The highest BCUT2D eigenvalue weighted by Gasteiger charge is 2.60. The molecule has 0 bridgehead atoms. The van der Waals surface area contributed by atoms with Gasteiger partial charge in [0.05, 0.1) is 4.90 Å². The summed E-state index contributed by atoms with van der Waals surface area (Å²) in [6, 6.07) is 5.69. The predicted molar refractivity (Wildman–Crippen MR) is 65.9 cm³/mol. The summed E-state index contributed by atoms with van der Waals surface area (Å²) < 4.78 is 23.3. The molecule has 1 fully saturated rings. The normalized spacial score (nSPS) is 18.2. The van der Waals surface area contributed by atoms with Gasteiger partial charge in [-0.2, -0.15) is 0 Å². The van der Waals surface area contributed by atoms with Crippen LogP contribution in [0.4, 0.5) is 0 Å². The van der Waals surface area contributed by atoms with Crippen LogP contribution in [0, 0.1) is 0 Å². The Balaban J connectivity index is 2.51. The quantitative estimate of drug-likeness (QED) is 0.903. The summed E-state index contributed by atoms with van der Waals surface area (Å²) in [7, 11) is -4.05. The summed E-state index contributed by atoms with van der Waals surface area (Å²) in [5, 5.41) is 9.11. The van der Waals surface area contributed by atoms with Gasteiger partial charge in [-0.05, 0) is 24.3 Å². The molecule has 96 valence electrons. The number of aliphatic carboxylic acids is 1. The zero-order valence-corrected chi connectivity index (χ0v) is 11.5. The minimum absolute atomic E-state index is 0.0828. The van der Waals surface area contributed by atoms with Crippen LogP contribution in [-0.2, 0) is 19.4 Å². The first-order valence-electron chi connectivity index (χ1n) is 5.05. The molecule has 1 aromatic carbocycles. The van der Waals surface area contributed by atoms with E-state index in [1.54, 1.807) is 0 Å². The third kappa shape index (κ3) is 1.78. The predicted octanol–water partition coefficient (Wildman–Crippen LogP) is 1.41. The number of halogens is 1. The van der Waals surface area contributed by atoms with Gasteiger partial charge in [0.25, 0.3) is 0 Å². The Labute approximate surface area is 112 Å². The van der Waals surface area contributed by atoms with Crippen molar-refractivity contribution in [2.24, 2.45) is 0 Å². The smallest absolute Gasteiger partial charge is 0.326 e. The Hall–Kier alpha value is -1.21. The number of hydrogen-bond acceptors (Lipinski definition) is 4. The lowest BCUT2D eigenvalue weighted by molar-refractivity contribution is -0.147. The van der Waals surface area contributed by atoms with Gasteiger partial charge in [-0.15, -0.1) is 0 Å². The average molecular weight is 333 g/mol. The van der Waals surface area contributed by atoms with Gasteiger partial charge >= 0.3 is 5.97 Å². The largest absolute Gasteiger partial charge is 0.480 e. The standard InChI is InChI=1S/C11H9BrO5S/c12-7-1-3-9(4-2-7)18(16,17)11(10(14)15)5-8(13)6-11/h1-4H,5-6H2,(H,14,15). The lowest BCUT2D eigenvalue weighted by Gasteiger charge is -2.35. The van der Waals surface area contributed by atoms with Crippen LogP contribution in [0.3, 0.4) is 0 Å². The van der Waals surface area contributed by atoms with Crippen molar-refractivity contribution in [2.45, 2.75) is 22.5 Å². The van der Waals surface area contributed by atoms with Gasteiger partial charge in [0.1, 0.15) is 5.78 Å². The second-order valence-electron chi connectivity index (χ2n) is 4.15. The lowest BCUT2D eigenvalue weighted by Crippen LogP contribution is -2.56. The Bertz CT molecular complexity index is 609. The molecule has 0 aromatic heterocycles. The maximum Gasteiger partial charge on any atom is 0.326 e. The van der Waals surface area contributed by atoms with Crippen molar-refractivity contribution < 1.29 is 23.1 Å². The van der Waals surface area contributed by atoms with E-state index in [0.29, 0.717) is 4.47 Å². The highest BCUT2D eigenvalue weighted by Crippen LogP contribution is 2.41. The summed E-state index contributed by atoms with van der Waals surface area (Å²) in [5.41, 5.74) is 0. The molecule has 1 aliphatic rings. The van der Waals surface area contributed by atoms with Crippen LogP contribution in [-0.4, -0.2) is 30.0 Å². The Morgan fingerprint density at radius 1 is 1.22 bits per heavy atom. The van der Waals surface area contributed by atoms with Crippen molar-refractivity contribution in [3.63, 3.8) is 0 Å². The van der Waals surface area contributed by atoms with Crippen LogP contribution in [0.1, 0.15) is 12.8 Å². The van der Waals surface area contributed by atoms with E-state index in [0.717, 1.165) is 0 Å². The van der Waals surface area contributed by atoms with Crippen molar-refractivity contribution in [1.29, 1.82) is 0 Å². The zero-order chi connectivity index (χ0) is 13.6. The van der Waals surface area contributed by atoms with Crippen molar-refractivity contribution in [3.05, 3.63) is 28.7 Å². The third-order valence-corrected chi connectivity index (χ3v) is 5.91. The molecule has 5 nitrogen and oxygen atoms in total. The molecule has 0 unspecified atom stereocenters. The number of sulfone groups is 1. The van der Waals surface area contributed by atoms with Gasteiger partial charge in [-0.3, -0.25) is 9.59 Å². The highest BCUT2D eigenvalue weighted by molar-refractivity contribution is 9.10. The van der Waals surface area contributed by atoms with Crippen molar-refractivity contribution >= 4 is 37.5 Å². The second kappa shape index (κ2) is 4.17. The molecule has 1 aliphatic carbocycles. The summed E-state index contributed by atoms with van der Waals surface area (Å²) in [4.78, 5) is 22.1. The maximum atomic E-state index is 12.3. The molecule has 0 saturated heterocycles. The van der Waals surface area contributed by atoms with Crippen LogP contribution in [0.15, 0.2) is 33.6 Å². The first-order valence-corrected chi connectivity index (χ1v) is 7.32. The van der Waals surface area contributed by atoms with E-state index in [-0.39, 0.29) is 10.7 Å². The minimum Gasteiger partial charge on any atom is -0.480 e. The third-order valence-electron chi connectivity index (χ3n) is 2.99. The van der Waals surface area contributed by atoms with E-state index in [1.165, 1.54) is 24.3 Å². The minimum atomic E-state index is -4.05. The zero-order valence-electron chi connectivity index (χ0n) is 9.09. The van der Waals surface area contributed by atoms with E-state index in [2.05, 4.69) is 15.9 Å². The number of Topliss-reactive ketones (excluding diaryl/α,β-unsaturated/α-hetero) is 1. The number of hydrogen-bond donors (Lipinski definition) is 1. The summed E-state index contributed by atoms with van der Waals surface area (Å²) in [6.07, 6.45) is -0.915. The van der Waals surface area contributed by atoms with Crippen LogP contribution in [0.5, 0.6) is 0 Å². The molecule has 1 N–H and O–H groups in total. The number of ketones is 1. The van der Waals surface area contributed by atoms with E-state index < -0.39 is 33.4 Å². The number of carbonyl (C=O) groups is 2. The molecule has 7 heteroatoms. The second-order valence-corrected chi connectivity index (χ2v) is 7.32. The van der Waals surface area contributed by atoms with Gasteiger partial charge in [0.2, 0.25) is 0 Å².